The van der Waals surface area contributed by atoms with Gasteiger partial charge in [-0.05, 0) is 66.8 Å². The quantitative estimate of drug-likeness (QED) is 0.386. The summed E-state index contributed by atoms with van der Waals surface area (Å²) in [4.78, 5) is 17.4. The van der Waals surface area contributed by atoms with Crippen LogP contribution in [0.1, 0.15) is 36.6 Å². The van der Waals surface area contributed by atoms with Crippen molar-refractivity contribution in [2.75, 3.05) is 5.73 Å². The summed E-state index contributed by atoms with van der Waals surface area (Å²) in [6, 6.07) is 22.5. The highest BCUT2D eigenvalue weighted by molar-refractivity contribution is 5.87. The van der Waals surface area contributed by atoms with Gasteiger partial charge in [-0.15, -0.1) is 0 Å². The summed E-state index contributed by atoms with van der Waals surface area (Å²) >= 11 is 0. The number of aryl methyl sites for hydroxylation is 1. The number of anilines is 1. The molecule has 2 atom stereocenters. The summed E-state index contributed by atoms with van der Waals surface area (Å²) in [5.74, 6) is -0.405. The maximum Gasteiger partial charge on any atom is 0.223 e. The van der Waals surface area contributed by atoms with E-state index in [1.165, 1.54) is 17.2 Å². The number of nitrogens with one attached hydrogen (secondary N) is 1. The predicted molar refractivity (Wildman–Crippen MR) is 132 cm³/mol. The predicted octanol–water partition coefficient (Wildman–Crippen LogP) is 5.99. The lowest BCUT2D eigenvalue weighted by atomic mass is 9.96. The van der Waals surface area contributed by atoms with Gasteiger partial charge in [-0.2, -0.15) is 0 Å². The molecule has 0 bridgehead atoms. The number of nitrogens with two attached hydrogens (primary N) is 1. The highest BCUT2D eigenvalue weighted by Crippen LogP contribution is 2.29. The smallest absolute Gasteiger partial charge is 0.223 e. The van der Waals surface area contributed by atoms with Crippen LogP contribution >= 0.6 is 0 Å². The van der Waals surface area contributed by atoms with Crippen LogP contribution in [0.3, 0.4) is 0 Å². The number of benzene rings is 3. The summed E-state index contributed by atoms with van der Waals surface area (Å²) in [7, 11) is 0. The number of hydrogen-bond donors (Lipinski definition) is 2. The Morgan fingerprint density at radius 1 is 1.03 bits per heavy atom. The zero-order valence-corrected chi connectivity index (χ0v) is 19.1. The molecule has 4 aromatic rings. The van der Waals surface area contributed by atoms with Crippen molar-refractivity contribution in [3.63, 3.8) is 0 Å². The second kappa shape index (κ2) is 9.41. The number of hydrogen-bond acceptors (Lipinski definition) is 3. The Morgan fingerprint density at radius 2 is 1.76 bits per heavy atom. The summed E-state index contributed by atoms with van der Waals surface area (Å²) < 4.78 is 14.0. The third-order valence-corrected chi connectivity index (χ3v) is 6.09. The molecule has 0 aliphatic rings. The van der Waals surface area contributed by atoms with Crippen LogP contribution in [0, 0.1) is 18.7 Å². The first-order valence-electron chi connectivity index (χ1n) is 11.1. The highest BCUT2D eigenvalue weighted by Gasteiger charge is 2.20. The molecule has 0 fully saturated rings. The largest absolute Gasteiger partial charge is 0.383 e. The van der Waals surface area contributed by atoms with Crippen LogP contribution in [0.5, 0.6) is 0 Å². The summed E-state index contributed by atoms with van der Waals surface area (Å²) in [5, 5.41) is 3.89. The van der Waals surface area contributed by atoms with Gasteiger partial charge >= 0.3 is 0 Å². The number of fused-ring (bicyclic) bond motifs is 1. The van der Waals surface area contributed by atoms with E-state index in [9.17, 15) is 9.18 Å². The molecule has 0 spiro atoms. The van der Waals surface area contributed by atoms with Crippen LogP contribution in [0.25, 0.3) is 22.0 Å². The number of nitrogen functional groups attached to an aromatic ring is 1. The first-order chi connectivity index (χ1) is 15.8. The van der Waals surface area contributed by atoms with Gasteiger partial charge in [0.15, 0.2) is 0 Å². The minimum Gasteiger partial charge on any atom is -0.383 e. The van der Waals surface area contributed by atoms with Crippen molar-refractivity contribution < 1.29 is 9.18 Å². The third-order valence-electron chi connectivity index (χ3n) is 6.09. The lowest BCUT2D eigenvalue weighted by molar-refractivity contribution is -0.125. The van der Waals surface area contributed by atoms with Crippen molar-refractivity contribution in [3.8, 4) is 11.1 Å². The molecule has 1 aromatic heterocycles. The standard InChI is InChI=1S/C28H28FN3O/c1-17-8-4-5-9-23(17)20-12-13-26-21(15-20)16-22(27(30)32-26)14-18(2)28(33)31-19(3)24-10-6-7-11-25(24)29/h4-13,15-16,18-19H,14H2,1-3H3,(H2,30,32)(H,31,33). The molecule has 0 aliphatic heterocycles. The molecule has 4 nitrogen and oxygen atoms in total. The molecule has 0 saturated heterocycles. The lowest BCUT2D eigenvalue weighted by Crippen LogP contribution is -2.33. The SMILES string of the molecule is Cc1ccccc1-c1ccc2nc(N)c(CC(C)C(=O)NC(C)c3ccccc3F)cc2c1. The van der Waals surface area contributed by atoms with Crippen molar-refractivity contribution in [2.24, 2.45) is 5.92 Å². The normalized spacial score (nSPS) is 13.0. The van der Waals surface area contributed by atoms with Crippen LogP contribution in [0.15, 0.2) is 72.8 Å². The lowest BCUT2D eigenvalue weighted by Gasteiger charge is -2.19. The summed E-state index contributed by atoms with van der Waals surface area (Å²) in [5.41, 5.74) is 11.8. The third kappa shape index (κ3) is 4.87. The van der Waals surface area contributed by atoms with E-state index in [0.717, 1.165) is 22.0 Å². The molecule has 1 heterocycles. The number of halogens is 1. The number of pyridine rings is 1. The monoisotopic (exact) mass is 441 g/mol. The Hall–Kier alpha value is -3.73. The first kappa shape index (κ1) is 22.5. The van der Waals surface area contributed by atoms with Crippen molar-refractivity contribution in [1.29, 1.82) is 0 Å². The Balaban J connectivity index is 1.54. The zero-order chi connectivity index (χ0) is 23.5. The number of aromatic nitrogens is 1. The molecule has 2 unspecified atom stereocenters. The van der Waals surface area contributed by atoms with E-state index in [2.05, 4.69) is 41.5 Å². The van der Waals surface area contributed by atoms with E-state index in [1.54, 1.807) is 25.1 Å². The van der Waals surface area contributed by atoms with E-state index in [1.807, 2.05) is 31.2 Å². The Labute approximate surface area is 193 Å². The van der Waals surface area contributed by atoms with E-state index in [0.29, 0.717) is 17.8 Å². The van der Waals surface area contributed by atoms with Gasteiger partial charge in [0.1, 0.15) is 11.6 Å². The first-order valence-corrected chi connectivity index (χ1v) is 11.1. The number of amides is 1. The molecular weight excluding hydrogens is 413 g/mol. The van der Waals surface area contributed by atoms with Crippen molar-refractivity contribution in [3.05, 3.63) is 95.3 Å². The molecule has 0 aliphatic carbocycles. The maximum atomic E-state index is 14.0. The molecular formula is C28H28FN3O. The average molecular weight is 442 g/mol. The van der Waals surface area contributed by atoms with Crippen LogP contribution in [-0.2, 0) is 11.2 Å². The van der Waals surface area contributed by atoms with Crippen molar-refractivity contribution in [2.45, 2.75) is 33.2 Å². The summed E-state index contributed by atoms with van der Waals surface area (Å²) in [6.45, 7) is 5.72. The van der Waals surface area contributed by atoms with Crippen molar-refractivity contribution in [1.82, 2.24) is 10.3 Å². The van der Waals surface area contributed by atoms with Crippen molar-refractivity contribution >= 4 is 22.6 Å². The Bertz CT molecular complexity index is 1320. The number of rotatable bonds is 6. The second-order valence-corrected chi connectivity index (χ2v) is 8.61. The average Bonchev–Trinajstić information content (AvgIpc) is 2.79. The van der Waals surface area contributed by atoms with Crippen LogP contribution in [0.2, 0.25) is 0 Å². The van der Waals surface area contributed by atoms with Gasteiger partial charge in [-0.3, -0.25) is 4.79 Å². The summed E-state index contributed by atoms with van der Waals surface area (Å²) in [6.07, 6.45) is 0.444. The minimum atomic E-state index is -0.426. The maximum absolute atomic E-state index is 14.0. The molecule has 3 N–H and O–H groups in total. The van der Waals surface area contributed by atoms with E-state index < -0.39 is 6.04 Å². The highest BCUT2D eigenvalue weighted by atomic mass is 19.1. The molecule has 168 valence electrons. The fraction of sp³-hybridized carbons (Fsp3) is 0.214. The fourth-order valence-electron chi connectivity index (χ4n) is 4.15. The zero-order valence-electron chi connectivity index (χ0n) is 19.1. The molecule has 4 rings (SSSR count). The van der Waals surface area contributed by atoms with E-state index in [-0.39, 0.29) is 17.6 Å². The molecule has 3 aromatic carbocycles. The second-order valence-electron chi connectivity index (χ2n) is 8.61. The topological polar surface area (TPSA) is 68.0 Å². The molecule has 1 amide bonds. The number of nitrogens with zero attached hydrogens (tertiary/aromatic N) is 1. The number of carbonyl (C=O) groups excluding carboxylic acids is 1. The van der Waals surface area contributed by atoms with Gasteiger partial charge in [-0.1, -0.05) is 55.5 Å². The van der Waals surface area contributed by atoms with Gasteiger partial charge in [0, 0.05) is 16.9 Å². The van der Waals surface area contributed by atoms with Gasteiger partial charge < -0.3 is 11.1 Å². The fourth-order valence-corrected chi connectivity index (χ4v) is 4.15. The molecule has 5 heteroatoms. The van der Waals surface area contributed by atoms with Gasteiger partial charge in [0.2, 0.25) is 5.91 Å². The van der Waals surface area contributed by atoms with Crippen LogP contribution < -0.4 is 11.1 Å². The Kier molecular flexibility index (Phi) is 6.40. The van der Waals surface area contributed by atoms with E-state index >= 15 is 0 Å². The minimum absolute atomic E-state index is 0.154. The van der Waals surface area contributed by atoms with Gasteiger partial charge in [-0.25, -0.2) is 9.37 Å². The van der Waals surface area contributed by atoms with Crippen LogP contribution in [0.4, 0.5) is 10.2 Å². The van der Waals surface area contributed by atoms with Crippen LogP contribution in [-0.4, -0.2) is 10.9 Å². The Morgan fingerprint density at radius 3 is 2.52 bits per heavy atom. The van der Waals surface area contributed by atoms with E-state index in [4.69, 9.17) is 5.73 Å². The molecule has 0 saturated carbocycles. The number of carbonyl (C=O) groups is 1. The van der Waals surface area contributed by atoms with Gasteiger partial charge in [0.25, 0.3) is 0 Å². The van der Waals surface area contributed by atoms with Gasteiger partial charge in [0.05, 0.1) is 11.6 Å². The molecule has 0 radical (unpaired) electrons. The molecule has 33 heavy (non-hydrogen) atoms.